The summed E-state index contributed by atoms with van der Waals surface area (Å²) >= 11 is 12.3. The number of ketones is 1. The van der Waals surface area contributed by atoms with Gasteiger partial charge >= 0.3 is 0 Å². The fourth-order valence-corrected chi connectivity index (χ4v) is 4.03. The highest BCUT2D eigenvalue weighted by molar-refractivity contribution is 6.51. The molecule has 1 N–H and O–H groups in total. The molecule has 0 aromatic heterocycles. The number of Topliss-reactive ketones (excluding diaryl/α,β-unsaturated/α-hetero) is 1. The maximum Gasteiger partial charge on any atom is 0.300 e. The zero-order valence-electron chi connectivity index (χ0n) is 17.3. The number of carbonyl (C=O) groups is 2. The van der Waals surface area contributed by atoms with E-state index >= 15 is 0 Å². The van der Waals surface area contributed by atoms with Crippen LogP contribution >= 0.6 is 23.2 Å². The van der Waals surface area contributed by atoms with E-state index in [1.54, 1.807) is 54.6 Å². The van der Waals surface area contributed by atoms with Crippen molar-refractivity contribution in [3.05, 3.63) is 99.0 Å². The topological polar surface area (TPSA) is 66.8 Å². The van der Waals surface area contributed by atoms with Gasteiger partial charge in [0, 0.05) is 11.3 Å². The molecule has 1 fully saturated rings. The predicted octanol–water partition coefficient (Wildman–Crippen LogP) is 5.94. The summed E-state index contributed by atoms with van der Waals surface area (Å²) < 4.78 is 5.23. The number of amides is 1. The molecule has 0 bridgehead atoms. The fraction of sp³-hybridized carbons (Fsp3) is 0.120. The number of ether oxygens (including phenoxy) is 1. The monoisotopic (exact) mass is 467 g/mol. The van der Waals surface area contributed by atoms with Crippen molar-refractivity contribution in [3.8, 4) is 5.75 Å². The van der Waals surface area contributed by atoms with Gasteiger partial charge in [0.15, 0.2) is 0 Å². The number of aliphatic hydroxyl groups excluding tert-OH is 1. The van der Waals surface area contributed by atoms with Crippen LogP contribution in [-0.2, 0) is 9.59 Å². The Labute approximate surface area is 195 Å². The number of hydrogen-bond donors (Lipinski definition) is 1. The first-order valence-corrected chi connectivity index (χ1v) is 10.5. The molecule has 0 saturated carbocycles. The lowest BCUT2D eigenvalue weighted by Gasteiger charge is -2.26. The van der Waals surface area contributed by atoms with E-state index in [9.17, 15) is 14.7 Å². The molecule has 1 heterocycles. The summed E-state index contributed by atoms with van der Waals surface area (Å²) in [6.45, 7) is 1.93. The van der Waals surface area contributed by atoms with Crippen LogP contribution in [0.5, 0.6) is 5.75 Å². The fourth-order valence-electron chi connectivity index (χ4n) is 3.73. The van der Waals surface area contributed by atoms with E-state index in [1.165, 1.54) is 12.0 Å². The minimum atomic E-state index is -0.890. The normalized spacial score (nSPS) is 17.6. The van der Waals surface area contributed by atoms with E-state index in [0.717, 1.165) is 5.56 Å². The van der Waals surface area contributed by atoms with Crippen molar-refractivity contribution in [2.45, 2.75) is 13.0 Å². The standard InChI is InChI=1S/C25H19Cl2NO4/c1-14-6-9-17(10-7-14)28-22(15-8-11-19(26)20(27)13-15)21(24(30)25(28)31)23(29)16-4-3-5-18(12-16)32-2/h3-13,22,29H,1-2H3/b23-21-. The van der Waals surface area contributed by atoms with Gasteiger partial charge in [-0.25, -0.2) is 0 Å². The van der Waals surface area contributed by atoms with E-state index in [1.807, 2.05) is 19.1 Å². The molecule has 0 aliphatic carbocycles. The number of carbonyl (C=O) groups excluding carboxylic acids is 2. The van der Waals surface area contributed by atoms with Crippen LogP contribution < -0.4 is 9.64 Å². The molecule has 32 heavy (non-hydrogen) atoms. The Kier molecular flexibility index (Phi) is 5.96. The van der Waals surface area contributed by atoms with Gasteiger partial charge in [0.25, 0.3) is 11.7 Å². The first-order valence-electron chi connectivity index (χ1n) is 9.79. The van der Waals surface area contributed by atoms with Crippen LogP contribution in [0.15, 0.2) is 72.3 Å². The number of methoxy groups -OCH3 is 1. The van der Waals surface area contributed by atoms with Gasteiger partial charge < -0.3 is 9.84 Å². The van der Waals surface area contributed by atoms with Crippen molar-refractivity contribution in [1.82, 2.24) is 0 Å². The second-order valence-electron chi connectivity index (χ2n) is 7.41. The number of nitrogens with zero attached hydrogens (tertiary/aromatic N) is 1. The maximum absolute atomic E-state index is 13.2. The summed E-state index contributed by atoms with van der Waals surface area (Å²) in [6, 6.07) is 17.9. The molecule has 1 aliphatic rings. The van der Waals surface area contributed by atoms with Crippen LogP contribution in [0.3, 0.4) is 0 Å². The van der Waals surface area contributed by atoms with Gasteiger partial charge in [0.2, 0.25) is 0 Å². The summed E-state index contributed by atoms with van der Waals surface area (Å²) in [5.74, 6) is -1.32. The third-order valence-corrected chi connectivity index (χ3v) is 6.10. The zero-order valence-corrected chi connectivity index (χ0v) is 18.8. The van der Waals surface area contributed by atoms with E-state index < -0.39 is 17.7 Å². The minimum Gasteiger partial charge on any atom is -0.507 e. The van der Waals surface area contributed by atoms with Crippen LogP contribution in [0.1, 0.15) is 22.7 Å². The molecular weight excluding hydrogens is 449 g/mol. The molecule has 1 saturated heterocycles. The number of hydrogen-bond acceptors (Lipinski definition) is 4. The Morgan fingerprint density at radius 1 is 0.969 bits per heavy atom. The van der Waals surface area contributed by atoms with Crippen LogP contribution in [0.25, 0.3) is 5.76 Å². The van der Waals surface area contributed by atoms with E-state index in [0.29, 0.717) is 27.6 Å². The Hall–Kier alpha value is -3.28. The molecule has 0 radical (unpaired) electrons. The second kappa shape index (κ2) is 8.69. The van der Waals surface area contributed by atoms with Gasteiger partial charge in [0.05, 0.1) is 28.8 Å². The van der Waals surface area contributed by atoms with Crippen molar-refractivity contribution >= 4 is 46.3 Å². The van der Waals surface area contributed by atoms with Gasteiger partial charge in [-0.1, -0.05) is 59.1 Å². The molecule has 4 rings (SSSR count). The Balaban J connectivity index is 1.96. The maximum atomic E-state index is 13.2. The van der Waals surface area contributed by atoms with E-state index in [-0.39, 0.29) is 16.4 Å². The molecule has 3 aromatic carbocycles. The quantitative estimate of drug-likeness (QED) is 0.293. The Morgan fingerprint density at radius 2 is 1.69 bits per heavy atom. The molecule has 7 heteroatoms. The predicted molar refractivity (Wildman–Crippen MR) is 125 cm³/mol. The van der Waals surface area contributed by atoms with Gasteiger partial charge in [-0.3, -0.25) is 14.5 Å². The molecule has 1 unspecified atom stereocenters. The summed E-state index contributed by atoms with van der Waals surface area (Å²) in [7, 11) is 1.51. The van der Waals surface area contributed by atoms with Crippen LogP contribution in [0.4, 0.5) is 5.69 Å². The summed E-state index contributed by atoms with van der Waals surface area (Å²) in [5.41, 5.74) is 2.40. The lowest BCUT2D eigenvalue weighted by molar-refractivity contribution is -0.132. The highest BCUT2D eigenvalue weighted by atomic mass is 35.5. The molecule has 1 atom stereocenters. The number of anilines is 1. The molecule has 1 aliphatic heterocycles. The zero-order chi connectivity index (χ0) is 23.0. The minimum absolute atomic E-state index is 0.0396. The van der Waals surface area contributed by atoms with Crippen molar-refractivity contribution < 1.29 is 19.4 Å². The Morgan fingerprint density at radius 3 is 2.34 bits per heavy atom. The number of aliphatic hydroxyl groups is 1. The molecule has 3 aromatic rings. The van der Waals surface area contributed by atoms with Gasteiger partial charge in [-0.2, -0.15) is 0 Å². The summed E-state index contributed by atoms with van der Waals surface area (Å²) in [5, 5.41) is 11.8. The second-order valence-corrected chi connectivity index (χ2v) is 8.22. The first-order chi connectivity index (χ1) is 15.3. The summed E-state index contributed by atoms with van der Waals surface area (Å²) in [6.07, 6.45) is 0. The lowest BCUT2D eigenvalue weighted by Crippen LogP contribution is -2.29. The van der Waals surface area contributed by atoms with Crippen LogP contribution in [0, 0.1) is 6.92 Å². The number of aryl methyl sites for hydroxylation is 1. The molecule has 5 nitrogen and oxygen atoms in total. The number of rotatable bonds is 4. The van der Waals surface area contributed by atoms with Crippen molar-refractivity contribution in [1.29, 1.82) is 0 Å². The average molecular weight is 468 g/mol. The first kappa shape index (κ1) is 21.9. The lowest BCUT2D eigenvalue weighted by atomic mass is 9.95. The summed E-state index contributed by atoms with van der Waals surface area (Å²) in [4.78, 5) is 27.7. The smallest absolute Gasteiger partial charge is 0.300 e. The van der Waals surface area contributed by atoms with E-state index in [4.69, 9.17) is 27.9 Å². The van der Waals surface area contributed by atoms with Crippen LogP contribution in [0.2, 0.25) is 10.0 Å². The van der Waals surface area contributed by atoms with Crippen LogP contribution in [-0.4, -0.2) is 23.9 Å². The van der Waals surface area contributed by atoms with E-state index in [2.05, 4.69) is 0 Å². The third kappa shape index (κ3) is 3.85. The molecular formula is C25H19Cl2NO4. The molecule has 162 valence electrons. The van der Waals surface area contributed by atoms with Gasteiger partial charge in [-0.05, 0) is 48.9 Å². The number of halogens is 2. The molecule has 0 spiro atoms. The highest BCUT2D eigenvalue weighted by Gasteiger charge is 2.47. The molecule has 1 amide bonds. The third-order valence-electron chi connectivity index (χ3n) is 5.36. The van der Waals surface area contributed by atoms with Crippen molar-refractivity contribution in [2.75, 3.05) is 12.0 Å². The van der Waals surface area contributed by atoms with Crippen molar-refractivity contribution in [2.24, 2.45) is 0 Å². The number of benzene rings is 3. The van der Waals surface area contributed by atoms with Gasteiger partial charge in [-0.15, -0.1) is 0 Å². The largest absolute Gasteiger partial charge is 0.507 e. The average Bonchev–Trinajstić information content (AvgIpc) is 3.06. The Bertz CT molecular complexity index is 1250. The van der Waals surface area contributed by atoms with Crippen molar-refractivity contribution in [3.63, 3.8) is 0 Å². The highest BCUT2D eigenvalue weighted by Crippen LogP contribution is 2.43. The SMILES string of the molecule is COc1cccc(/C(O)=C2/C(=O)C(=O)N(c3ccc(C)cc3)C2c2ccc(Cl)c(Cl)c2)c1. The van der Waals surface area contributed by atoms with Gasteiger partial charge in [0.1, 0.15) is 11.5 Å².